The second kappa shape index (κ2) is 9.74. The summed E-state index contributed by atoms with van der Waals surface area (Å²) in [7, 11) is -4.27. The number of hydrogen-bond acceptors (Lipinski definition) is 7. The summed E-state index contributed by atoms with van der Waals surface area (Å²) in [6.45, 7) is 1.51. The lowest BCUT2D eigenvalue weighted by atomic mass is 10.0. The van der Waals surface area contributed by atoms with E-state index in [0.29, 0.717) is 16.7 Å². The third-order valence-corrected chi connectivity index (χ3v) is 6.41. The Kier molecular flexibility index (Phi) is 6.56. The Morgan fingerprint density at radius 1 is 1.00 bits per heavy atom. The number of hydrazone groups is 1. The molecule has 9 nitrogen and oxygen atoms in total. The van der Waals surface area contributed by atoms with Crippen molar-refractivity contribution in [2.75, 3.05) is 0 Å². The molecule has 176 valence electrons. The Balaban J connectivity index is 1.43. The van der Waals surface area contributed by atoms with Crippen molar-refractivity contribution in [2.24, 2.45) is 5.10 Å². The van der Waals surface area contributed by atoms with Crippen LogP contribution in [0.3, 0.4) is 0 Å². The third-order valence-electron chi connectivity index (χ3n) is 5.17. The number of nitro groups is 1. The van der Waals surface area contributed by atoms with Crippen molar-refractivity contribution >= 4 is 38.7 Å². The van der Waals surface area contributed by atoms with E-state index in [0.717, 1.165) is 16.8 Å². The smallest absolute Gasteiger partial charge is 0.339 e. The second-order valence-corrected chi connectivity index (χ2v) is 9.08. The number of aryl methyl sites for hydroxylation is 1. The van der Waals surface area contributed by atoms with E-state index in [1.807, 2.05) is 30.3 Å². The molecule has 0 unspecified atom stereocenters. The molecule has 35 heavy (non-hydrogen) atoms. The topological polar surface area (TPSA) is 128 Å². The van der Waals surface area contributed by atoms with Gasteiger partial charge in [0.2, 0.25) is 0 Å². The van der Waals surface area contributed by atoms with Gasteiger partial charge >= 0.3 is 10.1 Å². The van der Waals surface area contributed by atoms with E-state index in [9.17, 15) is 23.3 Å². The highest BCUT2D eigenvalue weighted by atomic mass is 32.2. The second-order valence-electron chi connectivity index (χ2n) is 7.54. The first-order valence-corrected chi connectivity index (χ1v) is 11.8. The fourth-order valence-electron chi connectivity index (χ4n) is 3.37. The van der Waals surface area contributed by atoms with Crippen LogP contribution in [0.25, 0.3) is 10.8 Å². The molecular formula is C25H19N3O6S. The van der Waals surface area contributed by atoms with E-state index in [2.05, 4.69) is 10.5 Å². The minimum absolute atomic E-state index is 0.0187. The predicted octanol–water partition coefficient (Wildman–Crippen LogP) is 4.59. The van der Waals surface area contributed by atoms with E-state index in [1.165, 1.54) is 37.4 Å². The van der Waals surface area contributed by atoms with Gasteiger partial charge in [-0.1, -0.05) is 42.5 Å². The zero-order chi connectivity index (χ0) is 25.0. The Morgan fingerprint density at radius 3 is 2.46 bits per heavy atom. The molecule has 0 aliphatic heterocycles. The number of hydrogen-bond donors (Lipinski definition) is 1. The quantitative estimate of drug-likeness (QED) is 0.175. The lowest BCUT2D eigenvalue weighted by Gasteiger charge is -2.08. The highest BCUT2D eigenvalue weighted by Crippen LogP contribution is 2.25. The third kappa shape index (κ3) is 5.33. The van der Waals surface area contributed by atoms with Crippen LogP contribution in [0, 0.1) is 17.0 Å². The normalized spacial score (nSPS) is 11.5. The van der Waals surface area contributed by atoms with Gasteiger partial charge in [0.15, 0.2) is 0 Å². The van der Waals surface area contributed by atoms with Gasteiger partial charge in [-0.25, -0.2) is 5.43 Å². The number of rotatable bonds is 7. The van der Waals surface area contributed by atoms with Gasteiger partial charge in [0.05, 0.1) is 11.1 Å². The molecule has 0 atom stereocenters. The summed E-state index contributed by atoms with van der Waals surface area (Å²) < 4.78 is 30.2. The minimum Gasteiger partial charge on any atom is -0.379 e. The number of benzene rings is 4. The van der Waals surface area contributed by atoms with Gasteiger partial charge in [0.25, 0.3) is 11.6 Å². The molecule has 0 aromatic heterocycles. The van der Waals surface area contributed by atoms with Crippen LogP contribution in [-0.4, -0.2) is 25.5 Å². The Morgan fingerprint density at radius 2 is 1.71 bits per heavy atom. The molecule has 0 radical (unpaired) electrons. The molecule has 0 spiro atoms. The number of carbonyl (C=O) groups is 1. The first-order chi connectivity index (χ1) is 16.7. The largest absolute Gasteiger partial charge is 0.379 e. The molecule has 0 saturated carbocycles. The van der Waals surface area contributed by atoms with Crippen molar-refractivity contribution in [1.82, 2.24) is 5.43 Å². The molecule has 1 N–H and O–H groups in total. The monoisotopic (exact) mass is 489 g/mol. The standard InChI is InChI=1S/C25H19N3O6S/c1-17-9-14-21(15-24(17)28(30)31)35(32,33)34-20-12-10-18(11-13-20)16-26-27-25(29)23-8-4-6-19-5-2-3-7-22(19)23/h2-16H,1H3,(H,27,29)/b26-16-. The van der Waals surface area contributed by atoms with Crippen LogP contribution in [0.1, 0.15) is 21.5 Å². The molecular weight excluding hydrogens is 470 g/mol. The average Bonchev–Trinajstić information content (AvgIpc) is 2.84. The van der Waals surface area contributed by atoms with Gasteiger partial charge in [-0.15, -0.1) is 0 Å². The van der Waals surface area contributed by atoms with Crippen molar-refractivity contribution in [3.63, 3.8) is 0 Å². The van der Waals surface area contributed by atoms with Crippen LogP contribution in [-0.2, 0) is 10.1 Å². The molecule has 0 saturated heterocycles. The molecule has 4 aromatic carbocycles. The predicted molar refractivity (Wildman–Crippen MR) is 131 cm³/mol. The number of carbonyl (C=O) groups excluding carboxylic acids is 1. The van der Waals surface area contributed by atoms with Crippen molar-refractivity contribution in [3.8, 4) is 5.75 Å². The van der Waals surface area contributed by atoms with E-state index in [1.54, 1.807) is 24.3 Å². The molecule has 0 aliphatic carbocycles. The maximum Gasteiger partial charge on any atom is 0.339 e. The van der Waals surface area contributed by atoms with Crippen molar-refractivity contribution < 1.29 is 22.3 Å². The maximum atomic E-state index is 12.5. The zero-order valence-corrected chi connectivity index (χ0v) is 19.2. The number of fused-ring (bicyclic) bond motifs is 1. The molecule has 1 amide bonds. The van der Waals surface area contributed by atoms with Crippen LogP contribution in [0.2, 0.25) is 0 Å². The van der Waals surface area contributed by atoms with Crippen molar-refractivity contribution in [1.29, 1.82) is 0 Å². The molecule has 0 bridgehead atoms. The minimum atomic E-state index is -4.27. The summed E-state index contributed by atoms with van der Waals surface area (Å²) >= 11 is 0. The maximum absolute atomic E-state index is 12.5. The average molecular weight is 490 g/mol. The summed E-state index contributed by atoms with van der Waals surface area (Å²) in [6, 6.07) is 22.4. The Bertz CT molecular complexity index is 1560. The number of amides is 1. The molecule has 10 heteroatoms. The first kappa shape index (κ1) is 23.6. The van der Waals surface area contributed by atoms with Crippen LogP contribution in [0.15, 0.2) is 94.9 Å². The summed E-state index contributed by atoms with van der Waals surface area (Å²) in [4.78, 5) is 22.6. The van der Waals surface area contributed by atoms with Gasteiger partial charge in [-0.05, 0) is 59.7 Å². The van der Waals surface area contributed by atoms with Crippen LogP contribution < -0.4 is 9.61 Å². The van der Waals surface area contributed by atoms with Crippen molar-refractivity contribution in [3.05, 3.63) is 112 Å². The van der Waals surface area contributed by atoms with E-state index in [4.69, 9.17) is 4.18 Å². The van der Waals surface area contributed by atoms with Gasteiger partial charge in [0, 0.05) is 17.2 Å². The number of nitrogens with zero attached hydrogens (tertiary/aromatic N) is 2. The SMILES string of the molecule is Cc1ccc(S(=O)(=O)Oc2ccc(/C=N\NC(=O)c3cccc4ccccc34)cc2)cc1[N+](=O)[O-]. The summed E-state index contributed by atoms with van der Waals surface area (Å²) in [6.07, 6.45) is 1.41. The first-order valence-electron chi connectivity index (χ1n) is 10.4. The van der Waals surface area contributed by atoms with E-state index >= 15 is 0 Å². The number of nitrogens with one attached hydrogen (secondary N) is 1. The van der Waals surface area contributed by atoms with Gasteiger partial charge in [0.1, 0.15) is 10.6 Å². The summed E-state index contributed by atoms with van der Waals surface area (Å²) in [5, 5.41) is 16.8. The molecule has 0 heterocycles. The van der Waals surface area contributed by atoms with Crippen molar-refractivity contribution in [2.45, 2.75) is 11.8 Å². The highest BCUT2D eigenvalue weighted by Gasteiger charge is 2.21. The fourth-order valence-corrected chi connectivity index (χ4v) is 4.33. The fraction of sp³-hybridized carbons (Fsp3) is 0.0400. The number of nitro benzene ring substituents is 1. The summed E-state index contributed by atoms with van der Waals surface area (Å²) in [5.74, 6) is -0.346. The molecule has 4 rings (SSSR count). The van der Waals surface area contributed by atoms with Crippen LogP contribution >= 0.6 is 0 Å². The lowest BCUT2D eigenvalue weighted by molar-refractivity contribution is -0.385. The molecule has 0 fully saturated rings. The van der Waals surface area contributed by atoms with Gasteiger partial charge < -0.3 is 4.18 Å². The highest BCUT2D eigenvalue weighted by molar-refractivity contribution is 7.87. The van der Waals surface area contributed by atoms with E-state index < -0.39 is 15.0 Å². The Labute approximate surface area is 200 Å². The van der Waals surface area contributed by atoms with Gasteiger partial charge in [-0.3, -0.25) is 14.9 Å². The lowest BCUT2D eigenvalue weighted by Crippen LogP contribution is -2.17. The van der Waals surface area contributed by atoms with Crippen LogP contribution in [0.5, 0.6) is 5.75 Å². The zero-order valence-electron chi connectivity index (χ0n) is 18.4. The van der Waals surface area contributed by atoms with Crippen LogP contribution in [0.4, 0.5) is 5.69 Å². The van der Waals surface area contributed by atoms with Gasteiger partial charge in [-0.2, -0.15) is 13.5 Å². The van der Waals surface area contributed by atoms with E-state index in [-0.39, 0.29) is 22.2 Å². The summed E-state index contributed by atoms with van der Waals surface area (Å²) in [5.41, 5.74) is 3.58. The Hall–Kier alpha value is -4.57. The molecule has 0 aliphatic rings. The molecule has 4 aromatic rings.